The van der Waals surface area contributed by atoms with Crippen molar-refractivity contribution >= 4 is 38.9 Å². The van der Waals surface area contributed by atoms with Crippen LogP contribution in [0.4, 0.5) is 5.69 Å². The number of thiophene rings is 1. The van der Waals surface area contributed by atoms with E-state index < -0.39 is 21.8 Å². The molecule has 168 valence electrons. The van der Waals surface area contributed by atoms with Crippen LogP contribution < -0.4 is 25.0 Å². The van der Waals surface area contributed by atoms with Gasteiger partial charge in [-0.05, 0) is 42.6 Å². The molecule has 9 nitrogen and oxygen atoms in total. The first-order valence-corrected chi connectivity index (χ1v) is 11.6. The average Bonchev–Trinajstić information content (AvgIpc) is 3.33. The number of amides is 2. The Labute approximate surface area is 189 Å². The molecule has 0 bridgehead atoms. The van der Waals surface area contributed by atoms with Crippen molar-refractivity contribution in [1.29, 1.82) is 0 Å². The third-order valence-corrected chi connectivity index (χ3v) is 7.24. The number of ether oxygens (including phenoxy) is 2. The highest BCUT2D eigenvalue weighted by Crippen LogP contribution is 2.29. The first kappa shape index (κ1) is 23.1. The van der Waals surface area contributed by atoms with Crippen LogP contribution in [0.15, 0.2) is 58.1 Å². The molecule has 1 aromatic heterocycles. The summed E-state index contributed by atoms with van der Waals surface area (Å²) < 4.78 is 38.0. The molecule has 0 spiro atoms. The zero-order valence-corrected chi connectivity index (χ0v) is 19.1. The second kappa shape index (κ2) is 9.71. The smallest absolute Gasteiger partial charge is 0.271 e. The SMILES string of the molecule is COc1cc(C(=O)NNC(=O)c2ccccc2NS(=O)(=O)c2cccs2)cc(OC)c1C. The zero-order valence-electron chi connectivity index (χ0n) is 17.5. The van der Waals surface area contributed by atoms with E-state index in [4.69, 9.17) is 9.47 Å². The van der Waals surface area contributed by atoms with Gasteiger partial charge >= 0.3 is 0 Å². The molecule has 3 aromatic rings. The number of methoxy groups -OCH3 is 2. The lowest BCUT2D eigenvalue weighted by atomic mass is 10.1. The Balaban J connectivity index is 1.76. The van der Waals surface area contributed by atoms with Crippen molar-refractivity contribution in [1.82, 2.24) is 10.9 Å². The number of carbonyl (C=O) groups excluding carboxylic acids is 2. The predicted octanol–water partition coefficient (Wildman–Crippen LogP) is 2.95. The number of para-hydroxylation sites is 1. The highest BCUT2D eigenvalue weighted by molar-refractivity contribution is 7.94. The molecule has 3 N–H and O–H groups in total. The van der Waals surface area contributed by atoms with Crippen LogP contribution in [-0.4, -0.2) is 34.5 Å². The van der Waals surface area contributed by atoms with Crippen LogP contribution in [0.25, 0.3) is 0 Å². The van der Waals surface area contributed by atoms with E-state index in [-0.39, 0.29) is 21.0 Å². The van der Waals surface area contributed by atoms with Crippen LogP contribution in [0.5, 0.6) is 11.5 Å². The van der Waals surface area contributed by atoms with Gasteiger partial charge in [-0.1, -0.05) is 18.2 Å². The van der Waals surface area contributed by atoms with Gasteiger partial charge in [0.2, 0.25) is 0 Å². The highest BCUT2D eigenvalue weighted by Gasteiger charge is 2.20. The Kier molecular flexibility index (Phi) is 7.01. The summed E-state index contributed by atoms with van der Waals surface area (Å²) in [6, 6.07) is 12.2. The molecule has 0 unspecified atom stereocenters. The minimum absolute atomic E-state index is 0.0343. The topological polar surface area (TPSA) is 123 Å². The van der Waals surface area contributed by atoms with Gasteiger partial charge in [-0.3, -0.25) is 25.2 Å². The molecule has 0 aliphatic heterocycles. The summed E-state index contributed by atoms with van der Waals surface area (Å²) >= 11 is 1.05. The maximum Gasteiger partial charge on any atom is 0.271 e. The average molecular weight is 476 g/mol. The van der Waals surface area contributed by atoms with Crippen molar-refractivity contribution in [3.63, 3.8) is 0 Å². The first-order valence-electron chi connectivity index (χ1n) is 9.25. The van der Waals surface area contributed by atoms with Crippen molar-refractivity contribution in [2.75, 3.05) is 18.9 Å². The van der Waals surface area contributed by atoms with Crippen LogP contribution in [0.1, 0.15) is 26.3 Å². The first-order chi connectivity index (χ1) is 15.3. The van der Waals surface area contributed by atoms with Gasteiger partial charge in [0.25, 0.3) is 21.8 Å². The van der Waals surface area contributed by atoms with Gasteiger partial charge in [-0.25, -0.2) is 8.42 Å². The van der Waals surface area contributed by atoms with Crippen LogP contribution >= 0.6 is 11.3 Å². The molecule has 1 heterocycles. The van der Waals surface area contributed by atoms with Crippen LogP contribution in [0.2, 0.25) is 0 Å². The number of hydrazine groups is 1. The van der Waals surface area contributed by atoms with Crippen molar-refractivity contribution in [2.24, 2.45) is 0 Å². The Bertz CT molecular complexity index is 1220. The van der Waals surface area contributed by atoms with Gasteiger partial charge in [-0.15, -0.1) is 11.3 Å². The molecule has 2 amide bonds. The van der Waals surface area contributed by atoms with Gasteiger partial charge < -0.3 is 9.47 Å². The summed E-state index contributed by atoms with van der Waals surface area (Å²) in [6.07, 6.45) is 0. The Morgan fingerprint density at radius 3 is 2.12 bits per heavy atom. The molecule has 32 heavy (non-hydrogen) atoms. The Hall–Kier alpha value is -3.57. The van der Waals surface area contributed by atoms with Gasteiger partial charge in [0.15, 0.2) is 0 Å². The van der Waals surface area contributed by atoms with Gasteiger partial charge in [0, 0.05) is 11.1 Å². The quantitative estimate of drug-likeness (QED) is 0.452. The lowest BCUT2D eigenvalue weighted by Gasteiger charge is -2.14. The maximum atomic E-state index is 12.7. The number of anilines is 1. The minimum Gasteiger partial charge on any atom is -0.496 e. The summed E-state index contributed by atoms with van der Waals surface area (Å²) in [5.74, 6) is -0.399. The van der Waals surface area contributed by atoms with Gasteiger partial charge in [0.05, 0.1) is 25.5 Å². The molecule has 2 aromatic carbocycles. The fraction of sp³-hybridized carbons (Fsp3) is 0.143. The summed E-state index contributed by atoms with van der Waals surface area (Å²) in [7, 11) is -0.903. The molecule has 0 aliphatic rings. The van der Waals surface area contributed by atoms with Crippen molar-refractivity contribution in [3.05, 3.63) is 70.6 Å². The largest absolute Gasteiger partial charge is 0.496 e. The fourth-order valence-electron chi connectivity index (χ4n) is 2.85. The molecule has 0 saturated heterocycles. The standard InChI is InChI=1S/C21H21N3O6S2/c1-13-17(29-2)11-14(12-18(13)30-3)20(25)22-23-21(26)15-7-4-5-8-16(15)24-32(27,28)19-9-6-10-31-19/h4-12,24H,1-3H3,(H,22,25)(H,23,26). The van der Waals surface area contributed by atoms with E-state index in [0.29, 0.717) is 11.5 Å². The molecule has 0 aliphatic carbocycles. The molecular weight excluding hydrogens is 454 g/mol. The molecule has 11 heteroatoms. The van der Waals surface area contributed by atoms with Crippen LogP contribution in [-0.2, 0) is 10.0 Å². The maximum absolute atomic E-state index is 12.7. The van der Waals surface area contributed by atoms with E-state index in [0.717, 1.165) is 16.9 Å². The minimum atomic E-state index is -3.85. The van der Waals surface area contributed by atoms with Crippen molar-refractivity contribution in [3.8, 4) is 11.5 Å². The zero-order chi connectivity index (χ0) is 23.3. The normalized spacial score (nSPS) is 10.8. The van der Waals surface area contributed by atoms with Crippen LogP contribution in [0.3, 0.4) is 0 Å². The third-order valence-electron chi connectivity index (χ3n) is 4.48. The number of hydrogen-bond acceptors (Lipinski definition) is 7. The van der Waals surface area contributed by atoms with E-state index in [1.165, 1.54) is 44.6 Å². The van der Waals surface area contributed by atoms with Crippen molar-refractivity contribution in [2.45, 2.75) is 11.1 Å². The van der Waals surface area contributed by atoms with Crippen molar-refractivity contribution < 1.29 is 27.5 Å². The van der Waals surface area contributed by atoms with E-state index in [1.807, 2.05) is 0 Å². The summed E-state index contributed by atoms with van der Waals surface area (Å²) in [5.41, 5.74) is 5.65. The number of sulfonamides is 1. The predicted molar refractivity (Wildman–Crippen MR) is 121 cm³/mol. The number of benzene rings is 2. The number of hydrogen-bond donors (Lipinski definition) is 3. The summed E-state index contributed by atoms with van der Waals surface area (Å²) in [5, 5.41) is 1.64. The number of nitrogens with one attached hydrogen (secondary N) is 3. The van der Waals surface area contributed by atoms with Crippen LogP contribution in [0, 0.1) is 6.92 Å². The van der Waals surface area contributed by atoms with E-state index in [9.17, 15) is 18.0 Å². The third kappa shape index (κ3) is 5.01. The molecule has 0 atom stereocenters. The fourth-order valence-corrected chi connectivity index (χ4v) is 4.92. The Morgan fingerprint density at radius 2 is 1.53 bits per heavy atom. The second-order valence-corrected chi connectivity index (χ2v) is 9.35. The van der Waals surface area contributed by atoms with Gasteiger partial charge in [-0.2, -0.15) is 0 Å². The summed E-state index contributed by atoms with van der Waals surface area (Å²) in [4.78, 5) is 25.2. The number of carbonyl (C=O) groups is 2. The van der Waals surface area contributed by atoms with Gasteiger partial charge in [0.1, 0.15) is 15.7 Å². The van der Waals surface area contributed by atoms with E-state index in [1.54, 1.807) is 30.5 Å². The Morgan fingerprint density at radius 1 is 0.906 bits per heavy atom. The monoisotopic (exact) mass is 475 g/mol. The molecule has 0 radical (unpaired) electrons. The molecular formula is C21H21N3O6S2. The lowest BCUT2D eigenvalue weighted by molar-refractivity contribution is 0.0847. The molecule has 0 fully saturated rings. The summed E-state index contributed by atoms with van der Waals surface area (Å²) in [6.45, 7) is 1.79. The van der Waals surface area contributed by atoms with E-state index >= 15 is 0 Å². The highest BCUT2D eigenvalue weighted by atomic mass is 32.2. The molecule has 3 rings (SSSR count). The number of rotatable bonds is 7. The second-order valence-electron chi connectivity index (χ2n) is 6.50. The van der Waals surface area contributed by atoms with E-state index in [2.05, 4.69) is 15.6 Å². The lowest BCUT2D eigenvalue weighted by Crippen LogP contribution is -2.42. The molecule has 0 saturated carbocycles.